The van der Waals surface area contributed by atoms with Crippen molar-refractivity contribution in [3.63, 3.8) is 0 Å². The van der Waals surface area contributed by atoms with E-state index in [0.717, 1.165) is 29.9 Å². The summed E-state index contributed by atoms with van der Waals surface area (Å²) >= 11 is 0. The zero-order valence-electron chi connectivity index (χ0n) is 10.9. The molecule has 1 aromatic rings. The number of benzene rings is 1. The molecule has 1 aromatic carbocycles. The zero-order chi connectivity index (χ0) is 12.5. The second-order valence-electron chi connectivity index (χ2n) is 5.82. The van der Waals surface area contributed by atoms with Crippen LogP contribution in [0.1, 0.15) is 24.8 Å². The molecule has 2 aliphatic rings. The van der Waals surface area contributed by atoms with E-state index in [4.69, 9.17) is 10.6 Å². The molecule has 0 bridgehead atoms. The van der Waals surface area contributed by atoms with E-state index in [2.05, 4.69) is 17.6 Å². The van der Waals surface area contributed by atoms with Crippen molar-refractivity contribution in [2.24, 2.45) is 23.6 Å². The van der Waals surface area contributed by atoms with E-state index in [1.807, 2.05) is 12.1 Å². The van der Waals surface area contributed by atoms with E-state index in [9.17, 15) is 0 Å². The molecule has 3 nitrogen and oxygen atoms in total. The summed E-state index contributed by atoms with van der Waals surface area (Å²) in [5, 5.41) is 0. The lowest BCUT2D eigenvalue weighted by molar-refractivity contribution is 0.335. The molecule has 3 N–H and O–H groups in total. The highest BCUT2D eigenvalue weighted by molar-refractivity contribution is 5.29. The van der Waals surface area contributed by atoms with Crippen LogP contribution < -0.4 is 16.0 Å². The first kappa shape index (κ1) is 12.0. The Bertz CT molecular complexity index is 411. The Hall–Kier alpha value is -1.06. The number of fused-ring (bicyclic) bond motifs is 1. The van der Waals surface area contributed by atoms with Gasteiger partial charge in [-0.25, -0.2) is 0 Å². The fourth-order valence-corrected chi connectivity index (χ4v) is 3.51. The summed E-state index contributed by atoms with van der Waals surface area (Å²) < 4.78 is 5.27. The van der Waals surface area contributed by atoms with Gasteiger partial charge in [-0.05, 0) is 61.1 Å². The number of hydrogen-bond donors (Lipinski definition) is 2. The van der Waals surface area contributed by atoms with Crippen LogP contribution in [-0.4, -0.2) is 13.2 Å². The van der Waals surface area contributed by atoms with Crippen LogP contribution in [0.4, 0.5) is 0 Å². The largest absolute Gasteiger partial charge is 0.497 e. The average Bonchev–Trinajstić information content (AvgIpc) is 3.03. The van der Waals surface area contributed by atoms with Gasteiger partial charge in [0.15, 0.2) is 0 Å². The van der Waals surface area contributed by atoms with Gasteiger partial charge in [0.05, 0.1) is 7.11 Å². The number of hydrogen-bond acceptors (Lipinski definition) is 3. The molecule has 0 spiro atoms. The van der Waals surface area contributed by atoms with E-state index < -0.39 is 0 Å². The Kier molecular flexibility index (Phi) is 3.27. The summed E-state index contributed by atoms with van der Waals surface area (Å²) in [5.74, 6) is 9.45. The molecule has 2 saturated carbocycles. The van der Waals surface area contributed by atoms with E-state index >= 15 is 0 Å². The molecule has 98 valence electrons. The lowest BCUT2D eigenvalue weighted by Gasteiger charge is -2.24. The molecule has 0 amide bonds. The maximum absolute atomic E-state index is 5.75. The highest BCUT2D eigenvalue weighted by Gasteiger charge is 2.47. The Morgan fingerprint density at radius 3 is 2.78 bits per heavy atom. The van der Waals surface area contributed by atoms with Crippen molar-refractivity contribution in [3.05, 3.63) is 29.8 Å². The maximum atomic E-state index is 5.75. The first-order chi connectivity index (χ1) is 8.80. The molecule has 3 heteroatoms. The Morgan fingerprint density at radius 1 is 1.33 bits per heavy atom. The summed E-state index contributed by atoms with van der Waals surface area (Å²) in [4.78, 5) is 0. The van der Waals surface area contributed by atoms with Gasteiger partial charge in [0.25, 0.3) is 0 Å². The minimum atomic E-state index is 0.407. The molecule has 0 saturated heterocycles. The summed E-state index contributed by atoms with van der Waals surface area (Å²) in [6.07, 6.45) is 5.19. The highest BCUT2D eigenvalue weighted by atomic mass is 16.5. The van der Waals surface area contributed by atoms with Gasteiger partial charge in [0.2, 0.25) is 0 Å². The van der Waals surface area contributed by atoms with Gasteiger partial charge in [0, 0.05) is 6.04 Å². The van der Waals surface area contributed by atoms with Gasteiger partial charge in [0.1, 0.15) is 5.75 Å². The molecule has 0 aromatic heterocycles. The monoisotopic (exact) mass is 246 g/mol. The Morgan fingerprint density at radius 2 is 2.11 bits per heavy atom. The molecule has 0 radical (unpaired) electrons. The summed E-state index contributed by atoms with van der Waals surface area (Å²) in [7, 11) is 1.71. The van der Waals surface area contributed by atoms with Crippen molar-refractivity contribution >= 4 is 0 Å². The fourth-order valence-electron chi connectivity index (χ4n) is 3.51. The van der Waals surface area contributed by atoms with E-state index in [1.165, 1.54) is 24.8 Å². The first-order valence-electron chi connectivity index (χ1n) is 6.89. The van der Waals surface area contributed by atoms with Gasteiger partial charge in [-0.1, -0.05) is 12.1 Å². The van der Waals surface area contributed by atoms with Crippen molar-refractivity contribution in [3.8, 4) is 5.75 Å². The van der Waals surface area contributed by atoms with Crippen LogP contribution in [0.5, 0.6) is 5.75 Å². The highest BCUT2D eigenvalue weighted by Crippen LogP contribution is 2.55. The number of methoxy groups -OCH3 is 1. The molecule has 0 aliphatic heterocycles. The summed E-state index contributed by atoms with van der Waals surface area (Å²) in [5.41, 5.74) is 4.33. The quantitative estimate of drug-likeness (QED) is 0.618. The van der Waals surface area contributed by atoms with Gasteiger partial charge >= 0.3 is 0 Å². The topological polar surface area (TPSA) is 47.3 Å². The van der Waals surface area contributed by atoms with E-state index in [1.54, 1.807) is 7.11 Å². The van der Waals surface area contributed by atoms with Gasteiger partial charge < -0.3 is 4.74 Å². The van der Waals surface area contributed by atoms with Crippen molar-refractivity contribution in [2.75, 3.05) is 7.11 Å². The molecule has 2 fully saturated rings. The zero-order valence-corrected chi connectivity index (χ0v) is 10.9. The molecular weight excluding hydrogens is 224 g/mol. The van der Waals surface area contributed by atoms with Crippen LogP contribution in [0, 0.1) is 17.8 Å². The number of nitrogens with one attached hydrogen (secondary N) is 1. The van der Waals surface area contributed by atoms with Gasteiger partial charge in [-0.2, -0.15) is 0 Å². The third-order valence-corrected chi connectivity index (χ3v) is 4.65. The Balaban J connectivity index is 1.65. The minimum absolute atomic E-state index is 0.407. The second kappa shape index (κ2) is 4.90. The number of nitrogens with two attached hydrogens (primary N) is 1. The van der Waals surface area contributed by atoms with Gasteiger partial charge in [-0.15, -0.1) is 0 Å². The van der Waals surface area contributed by atoms with Crippen molar-refractivity contribution in [2.45, 2.75) is 31.7 Å². The average molecular weight is 246 g/mol. The normalized spacial score (nSPS) is 30.9. The van der Waals surface area contributed by atoms with Crippen LogP contribution in [-0.2, 0) is 6.42 Å². The molecule has 0 heterocycles. The van der Waals surface area contributed by atoms with Crippen molar-refractivity contribution in [1.29, 1.82) is 0 Å². The second-order valence-corrected chi connectivity index (χ2v) is 5.82. The molecule has 3 unspecified atom stereocenters. The summed E-state index contributed by atoms with van der Waals surface area (Å²) in [6, 6.07) is 8.71. The van der Waals surface area contributed by atoms with Gasteiger partial charge in [-0.3, -0.25) is 11.3 Å². The van der Waals surface area contributed by atoms with Crippen LogP contribution in [0.15, 0.2) is 24.3 Å². The SMILES string of the molecule is COc1cccc(CC(NN)C2CC3CC3C2)c1. The predicted molar refractivity (Wildman–Crippen MR) is 72.1 cm³/mol. The van der Waals surface area contributed by atoms with Crippen LogP contribution in [0.3, 0.4) is 0 Å². The van der Waals surface area contributed by atoms with Crippen LogP contribution in [0.2, 0.25) is 0 Å². The molecule has 3 rings (SSSR count). The van der Waals surface area contributed by atoms with Crippen LogP contribution >= 0.6 is 0 Å². The first-order valence-corrected chi connectivity index (χ1v) is 6.89. The summed E-state index contributed by atoms with van der Waals surface area (Å²) in [6.45, 7) is 0. The van der Waals surface area contributed by atoms with E-state index in [-0.39, 0.29) is 0 Å². The lowest BCUT2D eigenvalue weighted by atomic mass is 9.90. The van der Waals surface area contributed by atoms with E-state index in [0.29, 0.717) is 6.04 Å². The lowest BCUT2D eigenvalue weighted by Crippen LogP contribution is -2.42. The molecular formula is C15H22N2O. The Labute approximate surface area is 109 Å². The van der Waals surface area contributed by atoms with Crippen LogP contribution in [0.25, 0.3) is 0 Å². The third-order valence-electron chi connectivity index (χ3n) is 4.65. The van der Waals surface area contributed by atoms with Crippen molar-refractivity contribution in [1.82, 2.24) is 5.43 Å². The third kappa shape index (κ3) is 2.38. The molecule has 3 atom stereocenters. The standard InChI is InChI=1S/C15H22N2O/c1-18-14-4-2-3-10(5-14)6-15(17-16)13-8-11-7-12(11)9-13/h2-5,11-13,15,17H,6-9,16H2,1H3. The molecule has 18 heavy (non-hydrogen) atoms. The minimum Gasteiger partial charge on any atom is -0.497 e. The predicted octanol–water partition coefficient (Wildman–Crippen LogP) is 2.12. The fraction of sp³-hybridized carbons (Fsp3) is 0.600. The van der Waals surface area contributed by atoms with Crippen molar-refractivity contribution < 1.29 is 4.74 Å². The number of hydrazine groups is 1. The smallest absolute Gasteiger partial charge is 0.119 e. The number of ether oxygens (including phenoxy) is 1. The molecule has 2 aliphatic carbocycles. The maximum Gasteiger partial charge on any atom is 0.119 e. The number of rotatable bonds is 5.